The third kappa shape index (κ3) is 8.12. The summed E-state index contributed by atoms with van der Waals surface area (Å²) in [5.74, 6) is -0.946. The summed E-state index contributed by atoms with van der Waals surface area (Å²) in [5, 5.41) is 7.71. The summed E-state index contributed by atoms with van der Waals surface area (Å²) in [6.45, 7) is 5.31. The summed E-state index contributed by atoms with van der Waals surface area (Å²) < 4.78 is 35.3. The molecule has 10 heteroatoms. The van der Waals surface area contributed by atoms with E-state index in [1.807, 2.05) is 13.8 Å². The fraction of sp³-hybridized carbons (Fsp3) is 0.273. The van der Waals surface area contributed by atoms with Crippen LogP contribution in [-0.2, 0) is 15.6 Å². The van der Waals surface area contributed by atoms with Crippen molar-refractivity contribution in [3.8, 4) is 5.69 Å². The van der Waals surface area contributed by atoms with Crippen molar-refractivity contribution in [3.63, 3.8) is 0 Å². The second-order valence-electron chi connectivity index (χ2n) is 6.39. The van der Waals surface area contributed by atoms with Crippen LogP contribution in [0.5, 0.6) is 0 Å². The van der Waals surface area contributed by atoms with Crippen molar-refractivity contribution in [1.82, 2.24) is 15.0 Å². The Labute approximate surface area is 187 Å². The number of nitrogens with two attached hydrogens (primary N) is 1. The Morgan fingerprint density at radius 3 is 2.16 bits per heavy atom. The van der Waals surface area contributed by atoms with E-state index in [1.165, 1.54) is 42.3 Å². The first-order chi connectivity index (χ1) is 15.1. The van der Waals surface area contributed by atoms with Crippen LogP contribution in [0.1, 0.15) is 47.1 Å². The Balaban J connectivity index is 0.000000297. The fourth-order valence-electron chi connectivity index (χ4n) is 2.62. The van der Waals surface area contributed by atoms with Gasteiger partial charge >= 0.3 is 0 Å². The van der Waals surface area contributed by atoms with E-state index in [0.717, 1.165) is 6.26 Å². The number of aromatic nitrogens is 3. The molecule has 1 heterocycles. The summed E-state index contributed by atoms with van der Waals surface area (Å²) >= 11 is 0. The second kappa shape index (κ2) is 12.6. The lowest BCUT2D eigenvalue weighted by atomic mass is 10.1. The smallest absolute Gasteiger partial charge is 0.176 e. The van der Waals surface area contributed by atoms with Crippen molar-refractivity contribution >= 4 is 21.4 Å². The summed E-state index contributed by atoms with van der Waals surface area (Å²) in [4.78, 5) is 23.9. The van der Waals surface area contributed by atoms with E-state index in [-0.39, 0.29) is 23.9 Å². The van der Waals surface area contributed by atoms with Gasteiger partial charge in [0.15, 0.2) is 21.4 Å². The van der Waals surface area contributed by atoms with Crippen LogP contribution in [0.25, 0.3) is 5.69 Å². The summed E-state index contributed by atoms with van der Waals surface area (Å²) in [5.41, 5.74) is 6.89. The van der Waals surface area contributed by atoms with Gasteiger partial charge in [-0.1, -0.05) is 38.1 Å². The molecule has 0 atom stereocenters. The molecule has 0 aliphatic rings. The van der Waals surface area contributed by atoms with Gasteiger partial charge in [0.25, 0.3) is 0 Å². The van der Waals surface area contributed by atoms with Gasteiger partial charge in [0.2, 0.25) is 0 Å². The first-order valence-corrected chi connectivity index (χ1v) is 11.8. The molecule has 0 saturated carbocycles. The van der Waals surface area contributed by atoms with Crippen LogP contribution in [-0.4, -0.2) is 47.8 Å². The van der Waals surface area contributed by atoms with Crippen molar-refractivity contribution in [3.05, 3.63) is 77.4 Å². The predicted octanol–water partition coefficient (Wildman–Crippen LogP) is 3.01. The van der Waals surface area contributed by atoms with E-state index in [1.54, 1.807) is 24.3 Å². The topological polar surface area (TPSA) is 125 Å². The van der Waals surface area contributed by atoms with E-state index in [4.69, 9.17) is 5.73 Å². The van der Waals surface area contributed by atoms with Crippen LogP contribution < -0.4 is 5.73 Å². The Hall–Kier alpha value is -3.24. The second-order valence-corrected chi connectivity index (χ2v) is 8.53. The minimum atomic E-state index is -3.13. The van der Waals surface area contributed by atoms with Crippen LogP contribution in [0.2, 0.25) is 0 Å². The number of halogens is 1. The van der Waals surface area contributed by atoms with Crippen molar-refractivity contribution in [1.29, 1.82) is 0 Å². The van der Waals surface area contributed by atoms with Gasteiger partial charge in [-0.3, -0.25) is 9.59 Å². The molecule has 1 aromatic heterocycles. The molecule has 0 spiro atoms. The summed E-state index contributed by atoms with van der Waals surface area (Å²) in [6, 6.07) is 10.5. The monoisotopic (exact) mass is 462 g/mol. The van der Waals surface area contributed by atoms with Crippen LogP contribution in [0.15, 0.2) is 54.9 Å². The number of hydrogen-bond acceptors (Lipinski definition) is 7. The minimum Gasteiger partial charge on any atom is -0.324 e. The maximum absolute atomic E-state index is 13.0. The van der Waals surface area contributed by atoms with Crippen LogP contribution >= 0.6 is 0 Å². The molecule has 0 radical (unpaired) electrons. The number of sulfone groups is 1. The maximum atomic E-state index is 13.0. The molecule has 0 fully saturated rings. The van der Waals surface area contributed by atoms with Crippen LogP contribution in [0.4, 0.5) is 4.39 Å². The lowest BCUT2D eigenvalue weighted by Crippen LogP contribution is -2.16. The van der Waals surface area contributed by atoms with E-state index in [2.05, 4.69) is 10.2 Å². The minimum absolute atomic E-state index is 0.110. The SMILES string of the molecule is CC.CC(=O)c1ccc(F)cc1-n1nccn1.CS(=O)(=O)Cc1ccccc1C(=O)CN. The molecule has 8 nitrogen and oxygen atoms in total. The number of Topliss-reactive ketones (excluding diaryl/α,β-unsaturated/α-hetero) is 2. The van der Waals surface area contributed by atoms with E-state index in [0.29, 0.717) is 22.4 Å². The molecule has 0 aliphatic carbocycles. The predicted molar refractivity (Wildman–Crippen MR) is 121 cm³/mol. The molecule has 32 heavy (non-hydrogen) atoms. The molecule has 0 bridgehead atoms. The highest BCUT2D eigenvalue weighted by atomic mass is 32.2. The fourth-order valence-corrected chi connectivity index (χ4v) is 3.44. The first kappa shape index (κ1) is 26.8. The highest BCUT2D eigenvalue weighted by Gasteiger charge is 2.13. The number of nitrogens with zero attached hydrogens (tertiary/aromatic N) is 3. The zero-order valence-corrected chi connectivity index (χ0v) is 19.3. The molecular formula is C22H27FN4O4S. The number of benzene rings is 2. The molecule has 0 amide bonds. The van der Waals surface area contributed by atoms with Crippen molar-refractivity contribution in [2.24, 2.45) is 5.73 Å². The van der Waals surface area contributed by atoms with Gasteiger partial charge in [-0.15, -0.1) is 0 Å². The molecule has 0 unspecified atom stereocenters. The number of ketones is 2. The molecule has 2 aromatic carbocycles. The first-order valence-electron chi connectivity index (χ1n) is 9.78. The molecule has 0 saturated heterocycles. The average molecular weight is 463 g/mol. The molecule has 2 N–H and O–H groups in total. The highest BCUT2D eigenvalue weighted by molar-refractivity contribution is 7.89. The summed E-state index contributed by atoms with van der Waals surface area (Å²) in [6.07, 6.45) is 4.07. The Bertz CT molecular complexity index is 1150. The zero-order valence-electron chi connectivity index (χ0n) is 18.4. The number of carbonyl (C=O) groups is 2. The Kier molecular flexibility index (Phi) is 10.5. The lowest BCUT2D eigenvalue weighted by Gasteiger charge is -2.05. The van der Waals surface area contributed by atoms with Gasteiger partial charge in [0.1, 0.15) is 5.82 Å². The third-order valence-corrected chi connectivity index (χ3v) is 4.73. The zero-order chi connectivity index (χ0) is 24.3. The highest BCUT2D eigenvalue weighted by Crippen LogP contribution is 2.15. The third-order valence-electron chi connectivity index (χ3n) is 3.89. The van der Waals surface area contributed by atoms with E-state index < -0.39 is 15.7 Å². The average Bonchev–Trinajstić information content (AvgIpc) is 3.29. The molecular weight excluding hydrogens is 435 g/mol. The normalized spacial score (nSPS) is 10.3. The van der Waals surface area contributed by atoms with Gasteiger partial charge in [-0.25, -0.2) is 12.8 Å². The Morgan fingerprint density at radius 2 is 1.62 bits per heavy atom. The molecule has 0 aliphatic heterocycles. The number of carbonyl (C=O) groups excluding carboxylic acids is 2. The molecule has 3 rings (SSSR count). The maximum Gasteiger partial charge on any atom is 0.176 e. The largest absolute Gasteiger partial charge is 0.324 e. The van der Waals surface area contributed by atoms with Crippen molar-refractivity contribution in [2.45, 2.75) is 26.5 Å². The van der Waals surface area contributed by atoms with Crippen LogP contribution in [0.3, 0.4) is 0 Å². The van der Waals surface area contributed by atoms with Crippen molar-refractivity contribution in [2.75, 3.05) is 12.8 Å². The Morgan fingerprint density at radius 1 is 1.03 bits per heavy atom. The lowest BCUT2D eigenvalue weighted by molar-refractivity contribution is 0.0996. The van der Waals surface area contributed by atoms with Gasteiger partial charge in [0.05, 0.1) is 30.4 Å². The van der Waals surface area contributed by atoms with Crippen molar-refractivity contribution < 1.29 is 22.4 Å². The quantitative estimate of drug-likeness (QED) is 0.558. The van der Waals surface area contributed by atoms with Gasteiger partial charge in [-0.2, -0.15) is 15.0 Å². The molecule has 172 valence electrons. The van der Waals surface area contributed by atoms with Gasteiger partial charge in [-0.05, 0) is 24.6 Å². The molecule has 3 aromatic rings. The standard InChI is InChI=1S/C10H8FN3O.C10H13NO3S.C2H6/c1-7(15)9-3-2-8(11)6-10(9)14-12-4-5-13-14;1-15(13,14)7-8-4-2-3-5-9(8)10(12)6-11;1-2/h2-6H,1H3;2-5H,6-7,11H2,1H3;1-2H3. The van der Waals surface area contributed by atoms with E-state index >= 15 is 0 Å². The van der Waals surface area contributed by atoms with Gasteiger partial charge < -0.3 is 5.73 Å². The van der Waals surface area contributed by atoms with E-state index in [9.17, 15) is 22.4 Å². The van der Waals surface area contributed by atoms with Crippen LogP contribution in [0, 0.1) is 5.82 Å². The van der Waals surface area contributed by atoms with Gasteiger partial charge in [0, 0.05) is 23.4 Å². The number of rotatable bonds is 6. The number of hydrogen-bond donors (Lipinski definition) is 1. The summed E-state index contributed by atoms with van der Waals surface area (Å²) in [7, 11) is -3.13.